The van der Waals surface area contributed by atoms with Crippen LogP contribution in [0.25, 0.3) is 0 Å². The Morgan fingerprint density at radius 2 is 2.04 bits per heavy atom. The highest BCUT2D eigenvalue weighted by atomic mass is 16.5. The van der Waals surface area contributed by atoms with E-state index in [4.69, 9.17) is 4.74 Å². The Labute approximate surface area is 149 Å². The molecule has 0 bridgehead atoms. The van der Waals surface area contributed by atoms with Crippen LogP contribution in [0.3, 0.4) is 0 Å². The van der Waals surface area contributed by atoms with Gasteiger partial charge in [-0.15, -0.1) is 5.10 Å². The topological polar surface area (TPSA) is 72.2 Å². The summed E-state index contributed by atoms with van der Waals surface area (Å²) >= 11 is 0. The standard InChI is InChI=1S/C19H28N4O2/c1-19(2,24)18-13-23(22-21-18)16-10-6-5-9-15(16)20-12-14-8-4-7-11-17(14)25-3/h4,7-8,11,13,15-16,20,24H,5-6,9-10,12H2,1-3H3/t15-,16+/m0/s1. The molecule has 136 valence electrons. The lowest BCUT2D eigenvalue weighted by atomic mass is 9.90. The number of ether oxygens (including phenoxy) is 1. The summed E-state index contributed by atoms with van der Waals surface area (Å²) in [5, 5.41) is 22.3. The van der Waals surface area contributed by atoms with Gasteiger partial charge in [0, 0.05) is 18.2 Å². The zero-order valence-corrected chi connectivity index (χ0v) is 15.3. The van der Waals surface area contributed by atoms with Gasteiger partial charge in [-0.3, -0.25) is 0 Å². The first-order valence-corrected chi connectivity index (χ1v) is 8.99. The molecule has 2 atom stereocenters. The average Bonchev–Trinajstić information content (AvgIpc) is 3.11. The van der Waals surface area contributed by atoms with Crippen LogP contribution < -0.4 is 10.1 Å². The minimum Gasteiger partial charge on any atom is -0.496 e. The molecule has 1 aliphatic rings. The average molecular weight is 344 g/mol. The van der Waals surface area contributed by atoms with Crippen molar-refractivity contribution in [3.05, 3.63) is 41.7 Å². The second kappa shape index (κ2) is 7.54. The molecule has 0 unspecified atom stereocenters. The summed E-state index contributed by atoms with van der Waals surface area (Å²) in [4.78, 5) is 0. The fourth-order valence-electron chi connectivity index (χ4n) is 3.48. The van der Waals surface area contributed by atoms with Crippen LogP contribution in [-0.2, 0) is 12.1 Å². The van der Waals surface area contributed by atoms with Gasteiger partial charge in [0.1, 0.15) is 17.0 Å². The van der Waals surface area contributed by atoms with Crippen LogP contribution in [0.2, 0.25) is 0 Å². The summed E-state index contributed by atoms with van der Waals surface area (Å²) in [6.07, 6.45) is 6.46. The molecule has 2 N–H and O–H groups in total. The molecule has 0 aliphatic heterocycles. The van der Waals surface area contributed by atoms with Gasteiger partial charge in [0.25, 0.3) is 0 Å². The Bertz CT molecular complexity index is 693. The summed E-state index contributed by atoms with van der Waals surface area (Å²) < 4.78 is 7.37. The molecule has 1 saturated carbocycles. The second-order valence-electron chi connectivity index (χ2n) is 7.29. The van der Waals surface area contributed by atoms with Crippen LogP contribution in [0.4, 0.5) is 0 Å². The zero-order valence-electron chi connectivity index (χ0n) is 15.3. The van der Waals surface area contributed by atoms with E-state index in [9.17, 15) is 5.11 Å². The lowest BCUT2D eigenvalue weighted by Crippen LogP contribution is -2.39. The largest absolute Gasteiger partial charge is 0.496 e. The van der Waals surface area contributed by atoms with Crippen molar-refractivity contribution in [3.63, 3.8) is 0 Å². The van der Waals surface area contributed by atoms with Gasteiger partial charge in [0.2, 0.25) is 0 Å². The Morgan fingerprint density at radius 3 is 2.76 bits per heavy atom. The zero-order chi connectivity index (χ0) is 17.9. The van der Waals surface area contributed by atoms with Gasteiger partial charge in [-0.1, -0.05) is 36.3 Å². The number of nitrogens with zero attached hydrogens (tertiary/aromatic N) is 3. The van der Waals surface area contributed by atoms with E-state index in [1.54, 1.807) is 21.0 Å². The van der Waals surface area contributed by atoms with E-state index in [0.29, 0.717) is 11.7 Å². The molecule has 2 aromatic rings. The molecule has 0 radical (unpaired) electrons. The molecule has 1 aromatic heterocycles. The van der Waals surface area contributed by atoms with Crippen molar-refractivity contribution < 1.29 is 9.84 Å². The second-order valence-corrected chi connectivity index (χ2v) is 7.29. The highest BCUT2D eigenvalue weighted by Gasteiger charge is 2.29. The van der Waals surface area contributed by atoms with E-state index < -0.39 is 5.60 Å². The number of methoxy groups -OCH3 is 1. The molecule has 0 spiro atoms. The highest BCUT2D eigenvalue weighted by Crippen LogP contribution is 2.30. The van der Waals surface area contributed by atoms with Crippen LogP contribution in [0, 0.1) is 0 Å². The molecule has 1 fully saturated rings. The summed E-state index contributed by atoms with van der Waals surface area (Å²) in [5.41, 5.74) is 0.805. The third-order valence-electron chi connectivity index (χ3n) is 4.95. The summed E-state index contributed by atoms with van der Waals surface area (Å²) in [5.74, 6) is 0.910. The maximum Gasteiger partial charge on any atom is 0.123 e. The van der Waals surface area contributed by atoms with Crippen LogP contribution in [0.15, 0.2) is 30.5 Å². The van der Waals surface area contributed by atoms with E-state index in [1.165, 1.54) is 12.8 Å². The lowest BCUT2D eigenvalue weighted by Gasteiger charge is -2.32. The number of hydrogen-bond acceptors (Lipinski definition) is 5. The summed E-state index contributed by atoms with van der Waals surface area (Å²) in [6, 6.07) is 8.68. The first-order chi connectivity index (χ1) is 12.0. The molecule has 1 aromatic carbocycles. The van der Waals surface area contributed by atoms with Gasteiger partial charge < -0.3 is 15.2 Å². The molecule has 0 saturated heterocycles. The highest BCUT2D eigenvalue weighted by molar-refractivity contribution is 5.33. The van der Waals surface area contributed by atoms with Crippen molar-refractivity contribution in [2.24, 2.45) is 0 Å². The number of hydrogen-bond donors (Lipinski definition) is 2. The van der Waals surface area contributed by atoms with Gasteiger partial charge in [-0.2, -0.15) is 0 Å². The monoisotopic (exact) mass is 344 g/mol. The van der Waals surface area contributed by atoms with Crippen molar-refractivity contribution in [3.8, 4) is 5.75 Å². The van der Waals surface area contributed by atoms with Crippen molar-refractivity contribution in [1.29, 1.82) is 0 Å². The quantitative estimate of drug-likeness (QED) is 0.843. The number of aliphatic hydroxyl groups is 1. The Balaban J connectivity index is 1.72. The fourth-order valence-corrected chi connectivity index (χ4v) is 3.48. The third-order valence-corrected chi connectivity index (χ3v) is 4.95. The molecule has 1 heterocycles. The Kier molecular flexibility index (Phi) is 5.39. The number of rotatable bonds is 6. The predicted molar refractivity (Wildman–Crippen MR) is 96.4 cm³/mol. The molecule has 1 aliphatic carbocycles. The van der Waals surface area contributed by atoms with E-state index in [0.717, 1.165) is 30.7 Å². The van der Waals surface area contributed by atoms with Gasteiger partial charge >= 0.3 is 0 Å². The minimum absolute atomic E-state index is 0.257. The maximum atomic E-state index is 10.1. The number of nitrogens with one attached hydrogen (secondary N) is 1. The van der Waals surface area contributed by atoms with Gasteiger partial charge in [-0.25, -0.2) is 4.68 Å². The van der Waals surface area contributed by atoms with Crippen molar-refractivity contribution in [1.82, 2.24) is 20.3 Å². The van der Waals surface area contributed by atoms with Crippen molar-refractivity contribution in [2.75, 3.05) is 7.11 Å². The number of aromatic nitrogens is 3. The molecule has 6 nitrogen and oxygen atoms in total. The van der Waals surface area contributed by atoms with E-state index in [-0.39, 0.29) is 6.04 Å². The Morgan fingerprint density at radius 1 is 1.28 bits per heavy atom. The molecule has 0 amide bonds. The normalized spacial score (nSPS) is 21.3. The summed E-state index contributed by atoms with van der Waals surface area (Å²) in [7, 11) is 1.70. The smallest absolute Gasteiger partial charge is 0.123 e. The van der Waals surface area contributed by atoms with Crippen LogP contribution in [0.5, 0.6) is 5.75 Å². The molecular formula is C19H28N4O2. The number of benzene rings is 1. The van der Waals surface area contributed by atoms with Gasteiger partial charge in [-0.05, 0) is 32.8 Å². The van der Waals surface area contributed by atoms with Crippen molar-refractivity contribution >= 4 is 0 Å². The SMILES string of the molecule is COc1ccccc1CN[C@H]1CCCC[C@H]1n1cc(C(C)(C)O)nn1. The molecule has 25 heavy (non-hydrogen) atoms. The summed E-state index contributed by atoms with van der Waals surface area (Å²) in [6.45, 7) is 4.23. The Hall–Kier alpha value is -1.92. The maximum absolute atomic E-state index is 10.1. The molecule has 6 heteroatoms. The van der Waals surface area contributed by atoms with Gasteiger partial charge in [0.15, 0.2) is 0 Å². The lowest BCUT2D eigenvalue weighted by molar-refractivity contribution is 0.0736. The van der Waals surface area contributed by atoms with Gasteiger partial charge in [0.05, 0.1) is 19.3 Å². The van der Waals surface area contributed by atoms with Crippen LogP contribution in [-0.4, -0.2) is 33.3 Å². The van der Waals surface area contributed by atoms with Crippen LogP contribution >= 0.6 is 0 Å². The minimum atomic E-state index is -0.965. The first kappa shape index (κ1) is 17.9. The van der Waals surface area contributed by atoms with E-state index >= 15 is 0 Å². The molecule has 3 rings (SSSR count). The van der Waals surface area contributed by atoms with E-state index in [1.807, 2.05) is 29.1 Å². The number of para-hydroxylation sites is 1. The first-order valence-electron chi connectivity index (χ1n) is 8.99. The van der Waals surface area contributed by atoms with Crippen molar-refractivity contribution in [2.45, 2.75) is 63.8 Å². The fraction of sp³-hybridized carbons (Fsp3) is 0.579. The predicted octanol–water partition coefficient (Wildman–Crippen LogP) is 2.79. The molecular weight excluding hydrogens is 316 g/mol. The van der Waals surface area contributed by atoms with Crippen LogP contribution in [0.1, 0.15) is 56.8 Å². The third kappa shape index (κ3) is 4.19. The van der Waals surface area contributed by atoms with E-state index in [2.05, 4.69) is 21.7 Å².